The summed E-state index contributed by atoms with van der Waals surface area (Å²) in [4.78, 5) is 64.2. The summed E-state index contributed by atoms with van der Waals surface area (Å²) in [5.41, 5.74) is -2.07. The lowest BCUT2D eigenvalue weighted by Crippen LogP contribution is -2.55. The third-order valence-electron chi connectivity index (χ3n) is 8.50. The fraction of sp³-hybridized carbons (Fsp3) is 0.429. The number of halogens is 1. The van der Waals surface area contributed by atoms with Gasteiger partial charge in [0.2, 0.25) is 5.75 Å². The Morgan fingerprint density at radius 1 is 1.12 bits per heavy atom. The predicted molar refractivity (Wildman–Crippen MR) is 144 cm³/mol. The zero-order valence-electron chi connectivity index (χ0n) is 23.3. The molecule has 1 aliphatic carbocycles. The third-order valence-corrected chi connectivity index (χ3v) is 8.50. The lowest BCUT2D eigenvalue weighted by Gasteiger charge is -2.46. The molecule has 2 N–H and O–H groups in total. The highest BCUT2D eigenvalue weighted by atomic mass is 19.1. The van der Waals surface area contributed by atoms with E-state index >= 15 is 0 Å². The number of likely N-dealkylation sites (N-methyl/N-ethyl adjacent to an activating group) is 2. The minimum Gasteiger partial charge on any atom is -0.501 e. The molecule has 6 rings (SSSR count). The molecule has 0 unspecified atom stereocenters. The van der Waals surface area contributed by atoms with Crippen LogP contribution < -0.4 is 10.9 Å². The summed E-state index contributed by atoms with van der Waals surface area (Å²) in [6.07, 6.45) is 6.85. The number of rotatable bonds is 5. The van der Waals surface area contributed by atoms with E-state index in [0.29, 0.717) is 36.8 Å². The van der Waals surface area contributed by atoms with Crippen molar-refractivity contribution in [2.24, 2.45) is 0 Å². The number of carbonyl (C=O) groups excluding carboxylic acids is 3. The maximum atomic E-state index is 13.7. The Balaban J connectivity index is 1.60. The second kappa shape index (κ2) is 10.1. The Labute approximate surface area is 235 Å². The molecule has 41 heavy (non-hydrogen) atoms. The summed E-state index contributed by atoms with van der Waals surface area (Å²) in [5.74, 6) is -3.39. The Kier molecular flexibility index (Phi) is 6.92. The van der Waals surface area contributed by atoms with E-state index in [0.717, 1.165) is 0 Å². The van der Waals surface area contributed by atoms with E-state index in [2.05, 4.69) is 15.3 Å². The van der Waals surface area contributed by atoms with E-state index < -0.39 is 45.8 Å². The zero-order chi connectivity index (χ0) is 29.7. The number of aromatic nitrogens is 4. The van der Waals surface area contributed by atoms with Crippen LogP contribution in [0.15, 0.2) is 41.7 Å². The minimum absolute atomic E-state index is 0.00407. The molecule has 3 aromatic rings. The highest BCUT2D eigenvalue weighted by Crippen LogP contribution is 2.51. The second-order valence-electron chi connectivity index (χ2n) is 11.1. The monoisotopic (exact) mass is 565 g/mol. The average Bonchev–Trinajstić information content (AvgIpc) is 3.42. The molecule has 1 aromatic carbocycles. The van der Waals surface area contributed by atoms with E-state index in [1.165, 1.54) is 47.6 Å². The molecule has 3 aliphatic rings. The third kappa shape index (κ3) is 4.54. The number of hydrogen-bond donors (Lipinski definition) is 2. The molecular weight excluding hydrogens is 533 g/mol. The van der Waals surface area contributed by atoms with Gasteiger partial charge in [0.05, 0.1) is 18.4 Å². The Hall–Kier alpha value is -4.55. The van der Waals surface area contributed by atoms with Crippen molar-refractivity contribution in [3.05, 3.63) is 75.7 Å². The predicted octanol–water partition coefficient (Wildman–Crippen LogP) is 1.25. The van der Waals surface area contributed by atoms with Gasteiger partial charge in [-0.1, -0.05) is 12.1 Å². The van der Waals surface area contributed by atoms with Crippen LogP contribution in [0, 0.1) is 12.7 Å². The van der Waals surface area contributed by atoms with Crippen molar-refractivity contribution < 1.29 is 23.9 Å². The molecule has 4 heterocycles. The van der Waals surface area contributed by atoms with Gasteiger partial charge in [-0.05, 0) is 49.8 Å². The van der Waals surface area contributed by atoms with Crippen molar-refractivity contribution in [2.75, 3.05) is 21.1 Å². The zero-order valence-corrected chi connectivity index (χ0v) is 23.3. The SMILES string of the molecule is Cc1cc(CNC(=O)c2nc3n(c(=O)c2O)CC2(n4ccnc4)CCC3(N(C)C(=O)C(=O)N(C)C)CC2)ccc1F. The molecule has 2 aliphatic heterocycles. The Bertz CT molecular complexity index is 1590. The molecule has 13 heteroatoms. The van der Waals surface area contributed by atoms with Gasteiger partial charge in [-0.3, -0.25) is 23.7 Å². The number of hydrogen-bond acceptors (Lipinski definition) is 7. The van der Waals surface area contributed by atoms with Crippen molar-refractivity contribution in [2.45, 2.75) is 56.8 Å². The fourth-order valence-corrected chi connectivity index (χ4v) is 5.99. The minimum atomic E-state index is -1.20. The smallest absolute Gasteiger partial charge is 0.312 e. The first-order valence-corrected chi connectivity index (χ1v) is 13.3. The molecule has 0 radical (unpaired) electrons. The normalized spacial score (nSPS) is 21.1. The number of aromatic hydroxyl groups is 1. The number of amides is 3. The van der Waals surface area contributed by atoms with Crippen LogP contribution >= 0.6 is 0 Å². The standard InChI is InChI=1S/C28H32FN7O5/c1-17-13-18(5-6-19(17)29)14-31-22(38)20-21(37)23(39)36-15-27(35-12-11-30-16-35)7-9-28(10-8-27,26(36)32-20)34(4)25(41)24(40)33(2)3/h5-6,11-13,16,37H,7-10,14-15H2,1-4H3,(H,31,38). The van der Waals surface area contributed by atoms with Gasteiger partial charge >= 0.3 is 11.8 Å². The first kappa shape index (κ1) is 28.0. The van der Waals surface area contributed by atoms with Gasteiger partial charge in [0.15, 0.2) is 5.69 Å². The van der Waals surface area contributed by atoms with Gasteiger partial charge in [0.25, 0.3) is 11.5 Å². The molecule has 3 amide bonds. The largest absolute Gasteiger partial charge is 0.501 e. The van der Waals surface area contributed by atoms with Crippen LogP contribution in [0.5, 0.6) is 5.75 Å². The molecule has 0 atom stereocenters. The molecule has 1 saturated carbocycles. The lowest BCUT2D eigenvalue weighted by molar-refractivity contribution is -0.155. The van der Waals surface area contributed by atoms with Crippen LogP contribution in [0.3, 0.4) is 0 Å². The van der Waals surface area contributed by atoms with E-state index in [9.17, 15) is 28.7 Å². The highest BCUT2D eigenvalue weighted by molar-refractivity contribution is 6.34. The van der Waals surface area contributed by atoms with Crippen LogP contribution in [0.25, 0.3) is 0 Å². The number of fused-ring (bicyclic) bond motifs is 2. The quantitative estimate of drug-likeness (QED) is 0.444. The van der Waals surface area contributed by atoms with E-state index in [4.69, 9.17) is 0 Å². The fourth-order valence-electron chi connectivity index (χ4n) is 5.99. The van der Waals surface area contributed by atoms with Crippen LogP contribution in [0.1, 0.15) is 53.1 Å². The summed E-state index contributed by atoms with van der Waals surface area (Å²) in [7, 11) is 4.45. The van der Waals surface area contributed by atoms with E-state index in [1.807, 2.05) is 4.57 Å². The molecule has 0 spiro atoms. The number of imidazole rings is 1. The average molecular weight is 566 g/mol. The summed E-state index contributed by atoms with van der Waals surface area (Å²) < 4.78 is 16.9. The van der Waals surface area contributed by atoms with Crippen molar-refractivity contribution in [3.8, 4) is 5.75 Å². The first-order chi connectivity index (χ1) is 19.4. The van der Waals surface area contributed by atoms with Gasteiger partial charge in [0.1, 0.15) is 17.2 Å². The Morgan fingerprint density at radius 2 is 1.83 bits per heavy atom. The van der Waals surface area contributed by atoms with Gasteiger partial charge < -0.3 is 24.8 Å². The number of carbonyl (C=O) groups is 3. The lowest BCUT2D eigenvalue weighted by atomic mass is 9.72. The van der Waals surface area contributed by atoms with Crippen molar-refractivity contribution >= 4 is 17.7 Å². The molecule has 12 nitrogen and oxygen atoms in total. The van der Waals surface area contributed by atoms with Crippen molar-refractivity contribution in [1.29, 1.82) is 0 Å². The highest BCUT2D eigenvalue weighted by Gasteiger charge is 2.55. The van der Waals surface area contributed by atoms with Gasteiger partial charge in [-0.2, -0.15) is 0 Å². The first-order valence-electron chi connectivity index (χ1n) is 13.3. The topological polar surface area (TPSA) is 143 Å². The Morgan fingerprint density at radius 3 is 2.44 bits per heavy atom. The van der Waals surface area contributed by atoms with Crippen LogP contribution in [0.4, 0.5) is 4.39 Å². The van der Waals surface area contributed by atoms with Crippen molar-refractivity contribution in [3.63, 3.8) is 0 Å². The molecule has 2 aromatic heterocycles. The summed E-state index contributed by atoms with van der Waals surface area (Å²) in [6, 6.07) is 4.40. The van der Waals surface area contributed by atoms with Crippen LogP contribution in [0.2, 0.25) is 0 Å². The number of nitrogens with zero attached hydrogens (tertiary/aromatic N) is 6. The summed E-state index contributed by atoms with van der Waals surface area (Å²) >= 11 is 0. The van der Waals surface area contributed by atoms with Gasteiger partial charge in [-0.15, -0.1) is 0 Å². The number of aryl methyl sites for hydroxylation is 1. The van der Waals surface area contributed by atoms with E-state index in [-0.39, 0.29) is 24.7 Å². The number of nitrogens with one attached hydrogen (secondary N) is 1. The summed E-state index contributed by atoms with van der Waals surface area (Å²) in [6.45, 7) is 1.73. The van der Waals surface area contributed by atoms with Crippen molar-refractivity contribution in [1.82, 2.24) is 34.2 Å². The van der Waals surface area contributed by atoms with E-state index in [1.54, 1.807) is 31.7 Å². The molecule has 0 saturated heterocycles. The molecular formula is C28H32FN7O5. The van der Waals surface area contributed by atoms with Crippen LogP contribution in [-0.4, -0.2) is 72.9 Å². The van der Waals surface area contributed by atoms with Gasteiger partial charge in [0, 0.05) is 40.1 Å². The summed E-state index contributed by atoms with van der Waals surface area (Å²) in [5, 5.41) is 13.6. The number of benzene rings is 1. The van der Waals surface area contributed by atoms with Crippen LogP contribution in [-0.2, 0) is 33.8 Å². The second-order valence-corrected chi connectivity index (χ2v) is 11.1. The maximum absolute atomic E-state index is 13.7. The molecule has 216 valence electrons. The molecule has 2 bridgehead atoms. The molecule has 1 fully saturated rings. The maximum Gasteiger partial charge on any atom is 0.312 e. The van der Waals surface area contributed by atoms with Gasteiger partial charge in [-0.25, -0.2) is 14.4 Å².